The smallest absolute Gasteiger partial charge is 0.243 e. The van der Waals surface area contributed by atoms with E-state index >= 15 is 0 Å². The van der Waals surface area contributed by atoms with Crippen molar-refractivity contribution in [1.82, 2.24) is 9.71 Å². The number of hydrogen-bond donors (Lipinski definition) is 1. The monoisotopic (exact) mass is 289 g/mol. The van der Waals surface area contributed by atoms with Crippen molar-refractivity contribution in [3.05, 3.63) is 24.0 Å². The fourth-order valence-corrected chi connectivity index (χ4v) is 2.87. The van der Waals surface area contributed by atoms with E-state index in [1.54, 1.807) is 6.07 Å². The average molecular weight is 289 g/mol. The summed E-state index contributed by atoms with van der Waals surface area (Å²) in [5.41, 5.74) is -0.232. The van der Waals surface area contributed by atoms with Crippen LogP contribution in [0.3, 0.4) is 0 Å². The summed E-state index contributed by atoms with van der Waals surface area (Å²) in [5, 5.41) is 8.74. The number of hydrogen-bond acceptors (Lipinski definition) is 6. The Morgan fingerprint density at radius 2 is 2.06 bits per heavy atom. The van der Waals surface area contributed by atoms with Gasteiger partial charge in [-0.1, -0.05) is 0 Å². The zero-order valence-corrected chi connectivity index (χ0v) is 11.1. The first-order valence-electron chi connectivity index (χ1n) is 4.79. The second kappa shape index (κ2) is 5.43. The number of nitrogens with zero attached hydrogens (tertiary/aromatic N) is 2. The van der Waals surface area contributed by atoms with Crippen molar-refractivity contribution in [2.45, 2.75) is 4.90 Å². The lowest BCUT2D eigenvalue weighted by Crippen LogP contribution is -2.29. The van der Waals surface area contributed by atoms with Gasteiger partial charge in [-0.3, -0.25) is 0 Å². The Hall–Kier alpha value is -1.50. The van der Waals surface area contributed by atoms with Crippen LogP contribution < -0.4 is 4.72 Å². The molecule has 0 aliphatic carbocycles. The Morgan fingerprint density at radius 1 is 1.39 bits per heavy atom. The predicted octanol–water partition coefficient (Wildman–Crippen LogP) is -0.724. The molecule has 1 heterocycles. The SMILES string of the molecule is CS(=O)(=O)CCNS(=O)(=O)c1cccnc1C#N. The summed E-state index contributed by atoms with van der Waals surface area (Å²) in [6.45, 7) is -0.249. The van der Waals surface area contributed by atoms with Crippen molar-refractivity contribution in [2.75, 3.05) is 18.6 Å². The topological polar surface area (TPSA) is 117 Å². The molecule has 0 fully saturated rings. The van der Waals surface area contributed by atoms with Crippen LogP contribution >= 0.6 is 0 Å². The van der Waals surface area contributed by atoms with E-state index in [2.05, 4.69) is 9.71 Å². The Balaban J connectivity index is 2.91. The standard InChI is InChI=1S/C9H11N3O4S2/c1-17(13,14)6-5-12-18(15,16)9-3-2-4-11-8(9)7-10/h2-4,12H,5-6H2,1H3. The summed E-state index contributed by atoms with van der Waals surface area (Å²) in [5.74, 6) is -0.311. The molecule has 0 atom stereocenters. The number of sulfone groups is 1. The minimum absolute atomic E-state index is 0.232. The number of sulfonamides is 1. The third-order valence-corrected chi connectivity index (χ3v) is 4.37. The van der Waals surface area contributed by atoms with Gasteiger partial charge in [-0.25, -0.2) is 26.5 Å². The first-order chi connectivity index (χ1) is 8.26. The second-order valence-corrected chi connectivity index (χ2v) is 7.48. The molecule has 0 bridgehead atoms. The number of nitrogens with one attached hydrogen (secondary N) is 1. The fraction of sp³-hybridized carbons (Fsp3) is 0.333. The number of nitriles is 1. The zero-order valence-electron chi connectivity index (χ0n) is 9.49. The first kappa shape index (κ1) is 14.6. The van der Waals surface area contributed by atoms with Gasteiger partial charge in [0.15, 0.2) is 5.69 Å². The highest BCUT2D eigenvalue weighted by Crippen LogP contribution is 2.11. The molecule has 0 aliphatic heterocycles. The molecule has 18 heavy (non-hydrogen) atoms. The predicted molar refractivity (Wildman–Crippen MR) is 63.9 cm³/mol. The molecule has 0 aliphatic rings. The zero-order chi connectivity index (χ0) is 13.8. The van der Waals surface area contributed by atoms with Gasteiger partial charge in [-0.05, 0) is 12.1 Å². The molecule has 98 valence electrons. The Morgan fingerprint density at radius 3 is 2.61 bits per heavy atom. The molecule has 1 aromatic heterocycles. The van der Waals surface area contributed by atoms with E-state index in [-0.39, 0.29) is 22.9 Å². The maximum atomic E-state index is 11.8. The largest absolute Gasteiger partial charge is 0.244 e. The van der Waals surface area contributed by atoms with E-state index in [4.69, 9.17) is 5.26 Å². The van der Waals surface area contributed by atoms with Gasteiger partial charge >= 0.3 is 0 Å². The van der Waals surface area contributed by atoms with Crippen molar-refractivity contribution in [2.24, 2.45) is 0 Å². The summed E-state index contributed by atoms with van der Waals surface area (Å²) < 4.78 is 47.5. The third kappa shape index (κ3) is 4.06. The van der Waals surface area contributed by atoms with Crippen LogP contribution in [0.2, 0.25) is 0 Å². The molecule has 0 saturated carbocycles. The van der Waals surface area contributed by atoms with Crippen LogP contribution in [0.5, 0.6) is 0 Å². The number of aromatic nitrogens is 1. The highest BCUT2D eigenvalue weighted by molar-refractivity contribution is 7.91. The molecule has 7 nitrogen and oxygen atoms in total. The van der Waals surface area contributed by atoms with Crippen LogP contribution in [0.1, 0.15) is 5.69 Å². The maximum absolute atomic E-state index is 11.8. The van der Waals surface area contributed by atoms with Crippen molar-refractivity contribution in [1.29, 1.82) is 5.26 Å². The fourth-order valence-electron chi connectivity index (χ4n) is 1.13. The Kier molecular flexibility index (Phi) is 4.39. The van der Waals surface area contributed by atoms with Gasteiger partial charge in [-0.2, -0.15) is 5.26 Å². The van der Waals surface area contributed by atoms with Crippen LogP contribution in [-0.4, -0.2) is 40.4 Å². The third-order valence-electron chi connectivity index (χ3n) is 1.93. The van der Waals surface area contributed by atoms with Crippen LogP contribution in [-0.2, 0) is 19.9 Å². The summed E-state index contributed by atoms with van der Waals surface area (Å²) in [6.07, 6.45) is 2.31. The lowest BCUT2D eigenvalue weighted by molar-refractivity contribution is 0.581. The highest BCUT2D eigenvalue weighted by atomic mass is 32.2. The molecular formula is C9H11N3O4S2. The minimum Gasteiger partial charge on any atom is -0.244 e. The molecule has 0 unspecified atom stereocenters. The lowest BCUT2D eigenvalue weighted by Gasteiger charge is -2.06. The molecule has 1 N–H and O–H groups in total. The highest BCUT2D eigenvalue weighted by Gasteiger charge is 2.19. The van der Waals surface area contributed by atoms with Crippen molar-refractivity contribution < 1.29 is 16.8 Å². The summed E-state index contributed by atoms with van der Waals surface area (Å²) in [6, 6.07) is 4.27. The van der Waals surface area contributed by atoms with Gasteiger partial charge in [0.05, 0.1) is 5.75 Å². The van der Waals surface area contributed by atoms with Crippen LogP contribution in [0.4, 0.5) is 0 Å². The molecule has 0 saturated heterocycles. The average Bonchev–Trinajstić information content (AvgIpc) is 2.27. The van der Waals surface area contributed by atoms with E-state index in [0.29, 0.717) is 0 Å². The summed E-state index contributed by atoms with van der Waals surface area (Å²) in [4.78, 5) is 3.36. The molecule has 1 aromatic rings. The minimum atomic E-state index is -3.92. The normalized spacial score (nSPS) is 12.0. The lowest BCUT2D eigenvalue weighted by atomic mass is 10.4. The van der Waals surface area contributed by atoms with E-state index in [9.17, 15) is 16.8 Å². The Bertz CT molecular complexity index is 674. The Labute approximate surface area is 105 Å². The first-order valence-corrected chi connectivity index (χ1v) is 8.33. The van der Waals surface area contributed by atoms with Crippen LogP contribution in [0.25, 0.3) is 0 Å². The van der Waals surface area contributed by atoms with Gasteiger partial charge in [0, 0.05) is 19.0 Å². The summed E-state index contributed by atoms with van der Waals surface area (Å²) in [7, 11) is -7.18. The van der Waals surface area contributed by atoms with Gasteiger partial charge < -0.3 is 0 Å². The van der Waals surface area contributed by atoms with Crippen molar-refractivity contribution in [3.63, 3.8) is 0 Å². The molecule has 0 spiro atoms. The van der Waals surface area contributed by atoms with E-state index < -0.39 is 19.9 Å². The molecule has 0 aromatic carbocycles. The molecular weight excluding hydrogens is 278 g/mol. The quantitative estimate of drug-likeness (QED) is 0.764. The van der Waals surface area contributed by atoms with Gasteiger partial charge in [0.2, 0.25) is 10.0 Å². The van der Waals surface area contributed by atoms with Crippen molar-refractivity contribution in [3.8, 4) is 6.07 Å². The van der Waals surface area contributed by atoms with Gasteiger partial charge in [-0.15, -0.1) is 0 Å². The van der Waals surface area contributed by atoms with E-state index in [1.165, 1.54) is 18.3 Å². The van der Waals surface area contributed by atoms with Gasteiger partial charge in [0.25, 0.3) is 0 Å². The molecule has 9 heteroatoms. The summed E-state index contributed by atoms with van der Waals surface area (Å²) >= 11 is 0. The molecule has 0 radical (unpaired) electrons. The molecule has 1 rings (SSSR count). The van der Waals surface area contributed by atoms with E-state index in [1.807, 2.05) is 0 Å². The van der Waals surface area contributed by atoms with Crippen molar-refractivity contribution >= 4 is 19.9 Å². The maximum Gasteiger partial charge on any atom is 0.243 e. The molecule has 0 amide bonds. The number of pyridine rings is 1. The number of rotatable bonds is 5. The van der Waals surface area contributed by atoms with Crippen LogP contribution in [0, 0.1) is 11.3 Å². The van der Waals surface area contributed by atoms with E-state index in [0.717, 1.165) is 6.26 Å². The second-order valence-electron chi connectivity index (χ2n) is 3.49. The van der Waals surface area contributed by atoms with Crippen LogP contribution in [0.15, 0.2) is 23.2 Å². The van der Waals surface area contributed by atoms with Gasteiger partial charge in [0.1, 0.15) is 20.8 Å².